The van der Waals surface area contributed by atoms with Crippen molar-refractivity contribution in [1.29, 1.82) is 0 Å². The largest absolute Gasteiger partial charge is 0.294 e. The summed E-state index contributed by atoms with van der Waals surface area (Å²) in [6.07, 6.45) is 7.81. The molecule has 5 heterocycles. The highest BCUT2D eigenvalue weighted by Gasteiger charge is 2.38. The van der Waals surface area contributed by atoms with Gasteiger partial charge in [-0.1, -0.05) is 230 Å². The SMILES string of the molecule is CC(=O)c1ccc(-c2ccccc2C)[n+](C)c1.Cc1cc(C(C)(C)C)ccc1-c1ccc(C(=O)c2ccccc2)c[n+]1C.Cc1cc2c(cc1-c1ccc3ccccc3[n+]1C)C(C)(C)c1ccccc1-2.Cc1cc2c(cc1-c1cccc[n+]1C)C(C)(C)c1ccccc1-2.Cc1ccccc1-c1ccc(C(=O)c2ccccc2)c[n+]1C. The van der Waals surface area contributed by atoms with E-state index in [4.69, 9.17) is 0 Å². The van der Waals surface area contributed by atoms with Crippen LogP contribution in [0, 0.1) is 34.6 Å². The van der Waals surface area contributed by atoms with Crippen LogP contribution in [-0.2, 0) is 51.5 Å². The number of nitrogens with zero attached hydrogens (tertiary/aromatic N) is 5. The number of carbonyl (C=O) groups is 3. The van der Waals surface area contributed by atoms with Crippen LogP contribution in [0.5, 0.6) is 0 Å². The lowest BCUT2D eigenvalue weighted by Crippen LogP contribution is -2.32. The number of Topliss-reactive ketones (excluding diaryl/α,β-unsaturated/α-hetero) is 1. The second kappa shape index (κ2) is 33.5. The monoisotopic (exact) mass is 1510 g/mol. The summed E-state index contributed by atoms with van der Waals surface area (Å²) in [5.41, 5.74) is 36.1. The molecule has 17 rings (SSSR count). The summed E-state index contributed by atoms with van der Waals surface area (Å²) in [6, 6.07) is 100. The molecule has 0 N–H and O–H groups in total. The molecule has 15 aromatic rings. The van der Waals surface area contributed by atoms with E-state index in [2.05, 4.69) is 282 Å². The first-order chi connectivity index (χ1) is 55.0. The minimum Gasteiger partial charge on any atom is -0.294 e. The number of aromatic nitrogens is 5. The van der Waals surface area contributed by atoms with Crippen molar-refractivity contribution in [3.05, 3.63) is 399 Å². The highest BCUT2D eigenvalue weighted by molar-refractivity contribution is 6.09. The van der Waals surface area contributed by atoms with E-state index in [-0.39, 0.29) is 33.6 Å². The second-order valence-corrected chi connectivity index (χ2v) is 32.9. The van der Waals surface area contributed by atoms with Crippen LogP contribution in [0.15, 0.2) is 316 Å². The van der Waals surface area contributed by atoms with Crippen molar-refractivity contribution >= 4 is 28.3 Å². The van der Waals surface area contributed by atoms with E-state index in [0.717, 1.165) is 22.6 Å². The minimum atomic E-state index is 0.0315. The number of rotatable bonds is 10. The van der Waals surface area contributed by atoms with Crippen LogP contribution in [-0.4, -0.2) is 17.3 Å². The van der Waals surface area contributed by atoms with Gasteiger partial charge < -0.3 is 0 Å². The fraction of sp³-hybridized carbons (Fsp3) is 0.196. The summed E-state index contributed by atoms with van der Waals surface area (Å²) in [5, 5.41) is 1.27. The first kappa shape index (κ1) is 80.3. The Bertz CT molecular complexity index is 6220. The third-order valence-electron chi connectivity index (χ3n) is 23.2. The Labute approximate surface area is 680 Å². The van der Waals surface area contributed by atoms with Gasteiger partial charge in [0.2, 0.25) is 34.0 Å². The number of hydrogen-bond acceptors (Lipinski definition) is 3. The first-order valence-corrected chi connectivity index (χ1v) is 39.8. The summed E-state index contributed by atoms with van der Waals surface area (Å²) in [7, 11) is 10.2. The first-order valence-electron chi connectivity index (χ1n) is 39.8. The number of pyridine rings is 5. The van der Waals surface area contributed by atoms with E-state index >= 15 is 0 Å². The van der Waals surface area contributed by atoms with E-state index in [1.807, 2.05) is 175 Å². The van der Waals surface area contributed by atoms with Crippen molar-refractivity contribution in [3.8, 4) is 78.5 Å². The zero-order valence-corrected chi connectivity index (χ0v) is 70.0. The maximum Gasteiger partial charge on any atom is 0.213 e. The Hall–Kier alpha value is -12.8. The van der Waals surface area contributed by atoms with Gasteiger partial charge in [0.25, 0.3) is 0 Å². The molecule has 5 aromatic heterocycles. The van der Waals surface area contributed by atoms with E-state index in [1.165, 1.54) is 128 Å². The fourth-order valence-corrected chi connectivity index (χ4v) is 16.5. The van der Waals surface area contributed by atoms with Crippen molar-refractivity contribution in [2.75, 3.05) is 0 Å². The molecule has 0 unspecified atom stereocenters. The average molecular weight is 1510 g/mol. The number of benzene rings is 10. The van der Waals surface area contributed by atoms with E-state index in [1.54, 1.807) is 6.92 Å². The smallest absolute Gasteiger partial charge is 0.213 e. The highest BCUT2D eigenvalue weighted by atomic mass is 16.1. The summed E-state index contributed by atoms with van der Waals surface area (Å²) < 4.78 is 10.6. The predicted octanol–water partition coefficient (Wildman–Crippen LogP) is 22.2. The quantitative estimate of drug-likeness (QED) is 0.101. The minimum absolute atomic E-state index is 0.0315. The molecule has 0 saturated heterocycles. The van der Waals surface area contributed by atoms with E-state index in [9.17, 15) is 14.4 Å². The van der Waals surface area contributed by atoms with Gasteiger partial charge in [-0.2, -0.15) is 4.57 Å². The molecule has 0 bridgehead atoms. The Balaban J connectivity index is 0.000000126. The normalized spacial score (nSPS) is 12.3. The lowest BCUT2D eigenvalue weighted by Gasteiger charge is -2.22. The standard InChI is InChI=1S/C26H24N.C24H26NO.C22H22N.C20H18NO.C15H16NO/c1-17-15-21-19-10-6-7-11-22(19)26(2,3)23(21)16-20(17)25-14-13-18-9-5-8-12-24(18)27(25)4;1-17-15-20(24(2,3)4)12-13-21(17)22-14-11-19(16-25(22)5)23(26)18-9-7-6-8-10-18;1-15-13-18-16-9-5-6-10-19(16)22(2,3)20(18)14-17(15)21-11-7-8-12-23(21)4;1-15-8-6-7-11-18(15)19-13-12-17(14-21(19)2)20(22)16-9-4-3-5-10-16;1-11-6-4-5-7-14(11)15-9-8-13(12(2)17)10-16(15)3/h5-16H,1-4H3;6-16H,1-5H3;5-14H,1-4H3;3-14H,1-2H3;4-10H,1-3H3/q5*+1. The van der Waals surface area contributed by atoms with Gasteiger partial charge >= 0.3 is 0 Å². The molecule has 10 aromatic carbocycles. The predicted molar refractivity (Wildman–Crippen MR) is 470 cm³/mol. The molecule has 2 aliphatic carbocycles. The molecule has 0 atom stereocenters. The third kappa shape index (κ3) is 16.7. The van der Waals surface area contributed by atoms with Gasteiger partial charge in [-0.15, -0.1) is 0 Å². The lowest BCUT2D eigenvalue weighted by atomic mass is 9.81. The molecule has 0 spiro atoms. The van der Waals surface area contributed by atoms with Gasteiger partial charge in [-0.25, -0.2) is 18.3 Å². The Morgan fingerprint density at radius 1 is 0.287 bits per heavy atom. The summed E-state index contributed by atoms with van der Waals surface area (Å²) in [4.78, 5) is 36.5. The molecule has 0 fully saturated rings. The molecule has 0 amide bonds. The molecule has 572 valence electrons. The number of aryl methyl sites for hydroxylation is 10. The van der Waals surface area contributed by atoms with Crippen molar-refractivity contribution in [3.63, 3.8) is 0 Å². The Morgan fingerprint density at radius 3 is 1.10 bits per heavy atom. The molecule has 115 heavy (non-hydrogen) atoms. The third-order valence-corrected chi connectivity index (χ3v) is 23.2. The molecule has 0 aliphatic heterocycles. The molecule has 8 heteroatoms. The van der Waals surface area contributed by atoms with Gasteiger partial charge in [0.1, 0.15) is 35.2 Å². The van der Waals surface area contributed by atoms with Crippen LogP contribution < -0.4 is 22.8 Å². The van der Waals surface area contributed by atoms with Crippen LogP contribution in [0.1, 0.15) is 153 Å². The van der Waals surface area contributed by atoms with Gasteiger partial charge in [0.15, 0.2) is 42.1 Å². The van der Waals surface area contributed by atoms with Crippen LogP contribution in [0.4, 0.5) is 0 Å². The van der Waals surface area contributed by atoms with Crippen molar-refractivity contribution in [2.24, 2.45) is 35.2 Å². The zero-order chi connectivity index (χ0) is 81.8. The summed E-state index contributed by atoms with van der Waals surface area (Å²) >= 11 is 0. The van der Waals surface area contributed by atoms with E-state index in [0.29, 0.717) is 22.3 Å². The average Bonchev–Trinajstić information content (AvgIpc) is 1.58. The van der Waals surface area contributed by atoms with Gasteiger partial charge in [0, 0.05) is 97.6 Å². The Morgan fingerprint density at radius 2 is 0.661 bits per heavy atom. The van der Waals surface area contributed by atoms with Gasteiger partial charge in [-0.05, 0) is 192 Å². The Kier molecular flexibility index (Phi) is 23.4. The number of para-hydroxylation sites is 1. The molecule has 2 aliphatic rings. The lowest BCUT2D eigenvalue weighted by molar-refractivity contribution is -0.660. The van der Waals surface area contributed by atoms with Crippen molar-refractivity contribution in [2.45, 2.75) is 106 Å². The van der Waals surface area contributed by atoms with E-state index < -0.39 is 0 Å². The molecular formula is C107H106N5O3+5. The maximum atomic E-state index is 12.7. The van der Waals surface area contributed by atoms with Crippen LogP contribution in [0.3, 0.4) is 0 Å². The second-order valence-electron chi connectivity index (χ2n) is 32.9. The number of hydrogen-bond donors (Lipinski definition) is 0. The molecule has 0 saturated carbocycles. The number of carbonyl (C=O) groups excluding carboxylic acids is 3. The number of fused-ring (bicyclic) bond motifs is 7. The zero-order valence-electron chi connectivity index (χ0n) is 70.0. The highest BCUT2D eigenvalue weighted by Crippen LogP contribution is 2.52. The van der Waals surface area contributed by atoms with Gasteiger partial charge in [-0.3, -0.25) is 14.4 Å². The van der Waals surface area contributed by atoms with Crippen molar-refractivity contribution in [1.82, 2.24) is 0 Å². The van der Waals surface area contributed by atoms with Crippen LogP contribution in [0.2, 0.25) is 0 Å². The summed E-state index contributed by atoms with van der Waals surface area (Å²) in [5.74, 6) is 0.192. The van der Waals surface area contributed by atoms with Gasteiger partial charge in [0.05, 0.1) is 16.7 Å². The fourth-order valence-electron chi connectivity index (χ4n) is 16.5. The summed E-state index contributed by atoms with van der Waals surface area (Å²) in [6.45, 7) is 28.4. The number of ketones is 3. The van der Waals surface area contributed by atoms with Crippen LogP contribution in [0.25, 0.3) is 89.4 Å². The maximum absolute atomic E-state index is 12.7. The molecule has 8 nitrogen and oxygen atoms in total. The molecular weight excluding hydrogens is 1400 g/mol. The van der Waals surface area contributed by atoms with Crippen LogP contribution >= 0.6 is 0 Å². The topological polar surface area (TPSA) is 70.6 Å². The van der Waals surface area contributed by atoms with Crippen molar-refractivity contribution < 1.29 is 37.2 Å². The molecule has 0 radical (unpaired) electrons.